The fourth-order valence-electron chi connectivity index (χ4n) is 5.58. The molecule has 0 unspecified atom stereocenters. The first kappa shape index (κ1) is 41.6. The zero-order valence-electron chi connectivity index (χ0n) is 27.7. The van der Waals surface area contributed by atoms with E-state index in [1.54, 1.807) is 0 Å². The Labute approximate surface area is 280 Å². The van der Waals surface area contributed by atoms with Crippen LogP contribution in [0.25, 0.3) is 0 Å². The topological polar surface area (TPSA) is 318 Å². The van der Waals surface area contributed by atoms with Gasteiger partial charge >= 0.3 is 11.9 Å². The van der Waals surface area contributed by atoms with Crippen molar-refractivity contribution in [3.8, 4) is 0 Å². The smallest absolute Gasteiger partial charge is 0.335 e. The number of hydrogen-bond acceptors (Lipinski definition) is 15. The molecule has 2 saturated heterocycles. The van der Waals surface area contributed by atoms with E-state index in [0.717, 1.165) is 34.6 Å². The molecule has 280 valence electrons. The minimum absolute atomic E-state index is 0.0773. The number of nitrogens with one attached hydrogen (secondary N) is 4. The van der Waals surface area contributed by atoms with Crippen LogP contribution in [-0.2, 0) is 52.5 Å². The highest BCUT2D eigenvalue weighted by molar-refractivity contribution is 5.77. The number of hydrogen-bond donors (Lipinski definition) is 10. The molecule has 4 amide bonds. The first-order valence-corrected chi connectivity index (χ1v) is 15.3. The summed E-state index contributed by atoms with van der Waals surface area (Å²) in [6.45, 7) is 6.03. The van der Waals surface area contributed by atoms with Crippen molar-refractivity contribution < 1.29 is 83.1 Å². The van der Waals surface area contributed by atoms with E-state index in [0.29, 0.717) is 0 Å². The van der Waals surface area contributed by atoms with E-state index >= 15 is 0 Å². The highest BCUT2D eigenvalue weighted by Crippen LogP contribution is 2.32. The molecular formula is C28H46N4O17. The summed E-state index contributed by atoms with van der Waals surface area (Å²) in [5, 5.41) is 71.4. The van der Waals surface area contributed by atoms with Crippen LogP contribution < -0.4 is 21.3 Å². The van der Waals surface area contributed by atoms with Gasteiger partial charge in [0.1, 0.15) is 42.6 Å². The van der Waals surface area contributed by atoms with Crippen molar-refractivity contribution >= 4 is 35.6 Å². The number of aliphatic hydroxyl groups excluding tert-OH is 4. The molecule has 2 fully saturated rings. The molecule has 2 aliphatic rings. The molecule has 0 saturated carbocycles. The minimum Gasteiger partial charge on any atom is -0.479 e. The summed E-state index contributed by atoms with van der Waals surface area (Å²) in [7, 11) is 0. The van der Waals surface area contributed by atoms with Crippen LogP contribution >= 0.6 is 0 Å². The van der Waals surface area contributed by atoms with Gasteiger partial charge in [0, 0.05) is 34.3 Å². The highest BCUT2D eigenvalue weighted by atomic mass is 16.7. The van der Waals surface area contributed by atoms with E-state index < -0.39 is 128 Å². The van der Waals surface area contributed by atoms with Crippen LogP contribution in [0.1, 0.15) is 41.5 Å². The van der Waals surface area contributed by atoms with Gasteiger partial charge in [-0.05, 0) is 13.8 Å². The van der Waals surface area contributed by atoms with Gasteiger partial charge in [0.15, 0.2) is 24.8 Å². The van der Waals surface area contributed by atoms with Crippen LogP contribution in [0.15, 0.2) is 0 Å². The van der Waals surface area contributed by atoms with Gasteiger partial charge in [-0.15, -0.1) is 0 Å². The van der Waals surface area contributed by atoms with Crippen LogP contribution in [0.2, 0.25) is 0 Å². The van der Waals surface area contributed by atoms with Crippen molar-refractivity contribution in [1.82, 2.24) is 21.3 Å². The lowest BCUT2D eigenvalue weighted by Crippen LogP contribution is -2.73. The van der Waals surface area contributed by atoms with Crippen LogP contribution in [-0.4, -0.2) is 165 Å². The maximum absolute atomic E-state index is 12.7. The number of ether oxygens (including phenoxy) is 5. The Morgan fingerprint density at radius 2 is 1.27 bits per heavy atom. The average Bonchev–Trinajstić information content (AvgIpc) is 2.98. The average molecular weight is 711 g/mol. The van der Waals surface area contributed by atoms with Gasteiger partial charge in [-0.1, -0.05) is 0 Å². The van der Waals surface area contributed by atoms with Crippen molar-refractivity contribution in [1.29, 1.82) is 0 Å². The normalized spacial score (nSPS) is 32.4. The van der Waals surface area contributed by atoms with Crippen molar-refractivity contribution in [2.75, 3.05) is 13.2 Å². The molecule has 10 N–H and O–H groups in total. The Hall–Kier alpha value is -3.54. The molecule has 14 atom stereocenters. The number of carboxylic acid groups (broad SMARTS) is 2. The zero-order valence-corrected chi connectivity index (χ0v) is 27.7. The number of amides is 4. The van der Waals surface area contributed by atoms with Crippen LogP contribution in [0.3, 0.4) is 0 Å². The van der Waals surface area contributed by atoms with Crippen LogP contribution in [0, 0.1) is 0 Å². The molecule has 2 heterocycles. The number of carboxylic acids is 2. The third-order valence-corrected chi connectivity index (χ3v) is 7.54. The summed E-state index contributed by atoms with van der Waals surface area (Å²) in [6.07, 6.45) is -18.2. The van der Waals surface area contributed by atoms with E-state index in [9.17, 15) is 59.4 Å². The zero-order chi connectivity index (χ0) is 37.3. The number of carbonyl (C=O) groups is 6. The Balaban J connectivity index is 2.72. The van der Waals surface area contributed by atoms with Crippen LogP contribution in [0.4, 0.5) is 0 Å². The SMILES string of the molecule is CCO[C@H]1[C@H](O)[C@H](C(=O)O)O[C@@H](O[C@H]2[C@H](NC(C)=O)[C@H](NC(C)=O)[C@H](O[C@@H]([C@@H](O)[C@@H](C)O)[C@H](CO)NC(C)=O)O[C@@H]2C(=O)O)[C@H]1NC(C)=O. The van der Waals surface area contributed by atoms with E-state index in [2.05, 4.69) is 21.3 Å². The molecule has 2 aliphatic heterocycles. The summed E-state index contributed by atoms with van der Waals surface area (Å²) >= 11 is 0. The predicted molar refractivity (Wildman–Crippen MR) is 159 cm³/mol. The lowest BCUT2D eigenvalue weighted by atomic mass is 9.91. The van der Waals surface area contributed by atoms with E-state index in [-0.39, 0.29) is 6.61 Å². The predicted octanol–water partition coefficient (Wildman–Crippen LogP) is -5.11. The molecular weight excluding hydrogens is 664 g/mol. The molecule has 0 aliphatic carbocycles. The second kappa shape index (κ2) is 18.5. The monoisotopic (exact) mass is 710 g/mol. The summed E-state index contributed by atoms with van der Waals surface area (Å²) in [5.41, 5.74) is 0. The molecule has 21 heteroatoms. The molecule has 2 rings (SSSR count). The quantitative estimate of drug-likeness (QED) is 0.0716. The minimum atomic E-state index is -2.15. The molecule has 0 bridgehead atoms. The largest absolute Gasteiger partial charge is 0.479 e. The summed E-state index contributed by atoms with van der Waals surface area (Å²) < 4.78 is 28.7. The Morgan fingerprint density at radius 3 is 1.71 bits per heavy atom. The molecule has 0 aromatic carbocycles. The van der Waals surface area contributed by atoms with Gasteiger partial charge in [-0.2, -0.15) is 0 Å². The molecule has 0 aromatic rings. The number of aliphatic hydroxyl groups is 4. The second-order valence-corrected chi connectivity index (χ2v) is 11.5. The van der Waals surface area contributed by atoms with Crippen molar-refractivity contribution in [2.45, 2.75) is 127 Å². The second-order valence-electron chi connectivity index (χ2n) is 11.5. The van der Waals surface area contributed by atoms with Gasteiger partial charge in [0.2, 0.25) is 23.6 Å². The number of rotatable bonds is 16. The van der Waals surface area contributed by atoms with E-state index in [4.69, 9.17) is 23.7 Å². The van der Waals surface area contributed by atoms with Crippen LogP contribution in [0.5, 0.6) is 0 Å². The van der Waals surface area contributed by atoms with Gasteiger partial charge in [0.25, 0.3) is 0 Å². The van der Waals surface area contributed by atoms with Crippen molar-refractivity contribution in [2.24, 2.45) is 0 Å². The lowest BCUT2D eigenvalue weighted by molar-refractivity contribution is -0.320. The molecule has 0 spiro atoms. The van der Waals surface area contributed by atoms with Gasteiger partial charge < -0.3 is 75.6 Å². The fraction of sp³-hybridized carbons (Fsp3) is 0.786. The van der Waals surface area contributed by atoms with Crippen molar-refractivity contribution in [3.63, 3.8) is 0 Å². The maximum atomic E-state index is 12.7. The summed E-state index contributed by atoms with van der Waals surface area (Å²) in [5.74, 6) is -6.35. The van der Waals surface area contributed by atoms with E-state index in [1.165, 1.54) is 6.92 Å². The number of carbonyl (C=O) groups excluding carboxylic acids is 4. The first-order valence-electron chi connectivity index (χ1n) is 15.3. The molecule has 0 radical (unpaired) electrons. The lowest BCUT2D eigenvalue weighted by Gasteiger charge is -2.49. The fourth-order valence-corrected chi connectivity index (χ4v) is 5.58. The third-order valence-electron chi connectivity index (χ3n) is 7.54. The molecule has 49 heavy (non-hydrogen) atoms. The maximum Gasteiger partial charge on any atom is 0.335 e. The Kier molecular flexibility index (Phi) is 15.7. The summed E-state index contributed by atoms with van der Waals surface area (Å²) in [6, 6.07) is -6.09. The Morgan fingerprint density at radius 1 is 0.755 bits per heavy atom. The Bertz CT molecular complexity index is 1190. The van der Waals surface area contributed by atoms with Gasteiger partial charge in [-0.25, -0.2) is 9.59 Å². The summed E-state index contributed by atoms with van der Waals surface area (Å²) in [4.78, 5) is 73.7. The third kappa shape index (κ3) is 11.0. The molecule has 0 aromatic heterocycles. The number of aliphatic carboxylic acids is 2. The van der Waals surface area contributed by atoms with E-state index in [1.807, 2.05) is 0 Å². The standard InChI is InChI=1S/C28H46N4O17/c1-7-45-21-17(32-13(6)38)28(48-23(19(21)40)25(41)42)47-22-15(30-11(4)36)16(31-12(5)37)27(49-24(22)26(43)44)46-20(18(39)9(2)34)14(8-33)29-10(3)35/h9,14-24,27-28,33-34,39-40H,7-8H2,1-6H3,(H,29,35)(H,30,36)(H,31,37)(H,32,38)(H,41,42)(H,43,44)/t9-,14+,15-,16+,17+,18+,19+,20-,21-,22+,23-,24+,27-,28-/m1/s1. The highest BCUT2D eigenvalue weighted by Gasteiger charge is 2.56. The van der Waals surface area contributed by atoms with Gasteiger partial charge in [0.05, 0.1) is 24.8 Å². The van der Waals surface area contributed by atoms with Gasteiger partial charge in [-0.3, -0.25) is 19.2 Å². The molecule has 21 nitrogen and oxygen atoms in total. The van der Waals surface area contributed by atoms with Crippen molar-refractivity contribution in [3.05, 3.63) is 0 Å². The first-order chi connectivity index (χ1) is 22.8.